The van der Waals surface area contributed by atoms with E-state index < -0.39 is 34.9 Å². The number of hydrogen-bond acceptors (Lipinski definition) is 6. The molecule has 3 N–H and O–H groups in total. The Kier molecular flexibility index (Phi) is 2.56. The highest BCUT2D eigenvalue weighted by molar-refractivity contribution is 6.06. The third-order valence-corrected chi connectivity index (χ3v) is 1.38. The summed E-state index contributed by atoms with van der Waals surface area (Å²) in [6, 6.07) is 0. The molecule has 9 heteroatoms. The van der Waals surface area contributed by atoms with E-state index in [4.69, 9.17) is 15.3 Å². The van der Waals surface area contributed by atoms with Crippen molar-refractivity contribution in [2.24, 2.45) is 0 Å². The van der Waals surface area contributed by atoms with Gasteiger partial charge in [-0.1, -0.05) is 0 Å². The molecule has 0 saturated heterocycles. The second-order valence-corrected chi connectivity index (χ2v) is 2.28. The van der Waals surface area contributed by atoms with Crippen LogP contribution in [0.5, 0.6) is 0 Å². The molecule has 0 atom stereocenters. The van der Waals surface area contributed by atoms with E-state index in [-0.39, 0.29) is 0 Å². The summed E-state index contributed by atoms with van der Waals surface area (Å²) < 4.78 is 0. The standard InChI is InChI=1S/C6H3N3O6/c10-4(11)1-2(5(12)13)7-9-8-3(1)6(14)15/h(H,10,11)(H,12,13)(H,14,15). The number of carboxylic acid groups (broad SMARTS) is 3. The quantitative estimate of drug-likeness (QED) is 0.571. The van der Waals surface area contributed by atoms with Crippen molar-refractivity contribution < 1.29 is 29.7 Å². The minimum Gasteiger partial charge on any atom is -0.478 e. The molecule has 0 aliphatic heterocycles. The van der Waals surface area contributed by atoms with E-state index in [1.54, 1.807) is 0 Å². The Morgan fingerprint density at radius 1 is 0.800 bits per heavy atom. The van der Waals surface area contributed by atoms with E-state index in [9.17, 15) is 14.4 Å². The van der Waals surface area contributed by atoms with Crippen molar-refractivity contribution >= 4 is 17.9 Å². The van der Waals surface area contributed by atoms with Crippen LogP contribution >= 0.6 is 0 Å². The van der Waals surface area contributed by atoms with Crippen LogP contribution in [-0.2, 0) is 0 Å². The van der Waals surface area contributed by atoms with Gasteiger partial charge in [0.15, 0.2) is 11.4 Å². The molecule has 9 nitrogen and oxygen atoms in total. The number of rotatable bonds is 3. The van der Waals surface area contributed by atoms with Crippen molar-refractivity contribution in [2.45, 2.75) is 0 Å². The predicted octanol–water partition coefficient (Wildman–Crippen LogP) is -1.03. The highest BCUT2D eigenvalue weighted by Crippen LogP contribution is 2.09. The number of aromatic nitrogens is 3. The van der Waals surface area contributed by atoms with Crippen molar-refractivity contribution in [1.29, 1.82) is 0 Å². The minimum atomic E-state index is -1.74. The highest BCUT2D eigenvalue weighted by atomic mass is 16.4. The second kappa shape index (κ2) is 3.65. The number of nitrogens with zero attached hydrogens (tertiary/aromatic N) is 3. The van der Waals surface area contributed by atoms with Gasteiger partial charge < -0.3 is 15.3 Å². The zero-order valence-electron chi connectivity index (χ0n) is 6.91. The summed E-state index contributed by atoms with van der Waals surface area (Å²) >= 11 is 0. The van der Waals surface area contributed by atoms with E-state index in [1.165, 1.54) is 0 Å². The first-order valence-electron chi connectivity index (χ1n) is 3.38. The molecule has 0 unspecified atom stereocenters. The summed E-state index contributed by atoms with van der Waals surface area (Å²) in [7, 11) is 0. The Labute approximate surface area is 81.0 Å². The van der Waals surface area contributed by atoms with Crippen LogP contribution in [0.15, 0.2) is 0 Å². The van der Waals surface area contributed by atoms with Crippen LogP contribution in [0.2, 0.25) is 0 Å². The first-order chi connectivity index (χ1) is 6.95. The van der Waals surface area contributed by atoms with E-state index in [0.717, 1.165) is 0 Å². The van der Waals surface area contributed by atoms with Gasteiger partial charge in [0.05, 0.1) is 0 Å². The molecule has 0 radical (unpaired) electrons. The number of carboxylic acids is 3. The van der Waals surface area contributed by atoms with Gasteiger partial charge in [0.1, 0.15) is 5.56 Å². The molecular weight excluding hydrogens is 210 g/mol. The largest absolute Gasteiger partial charge is 0.478 e. The van der Waals surface area contributed by atoms with Gasteiger partial charge in [-0.25, -0.2) is 14.4 Å². The molecule has 1 heterocycles. The third-order valence-electron chi connectivity index (χ3n) is 1.38. The monoisotopic (exact) mass is 213 g/mol. The van der Waals surface area contributed by atoms with Crippen molar-refractivity contribution in [2.75, 3.05) is 0 Å². The van der Waals surface area contributed by atoms with Crippen LogP contribution in [0.1, 0.15) is 31.3 Å². The number of carbonyl (C=O) groups is 3. The maximum atomic E-state index is 10.6. The zero-order chi connectivity index (χ0) is 11.6. The van der Waals surface area contributed by atoms with Gasteiger partial charge in [0.2, 0.25) is 0 Å². The van der Waals surface area contributed by atoms with Crippen LogP contribution in [-0.4, -0.2) is 48.6 Å². The van der Waals surface area contributed by atoms with E-state index in [0.29, 0.717) is 0 Å². The molecule has 0 aliphatic carbocycles. The minimum absolute atomic E-state index is 0.963. The Hall–Kier alpha value is -2.58. The molecular formula is C6H3N3O6. The van der Waals surface area contributed by atoms with Gasteiger partial charge in [0, 0.05) is 0 Å². The Morgan fingerprint density at radius 3 is 1.47 bits per heavy atom. The SMILES string of the molecule is O=C(O)c1nnnc(C(=O)O)c1C(=O)O. The molecule has 0 aromatic carbocycles. The molecule has 0 saturated carbocycles. The fraction of sp³-hybridized carbons (Fsp3) is 0. The maximum Gasteiger partial charge on any atom is 0.357 e. The number of aromatic carboxylic acids is 3. The van der Waals surface area contributed by atoms with Crippen LogP contribution in [0.25, 0.3) is 0 Å². The first kappa shape index (κ1) is 10.5. The van der Waals surface area contributed by atoms with Crippen LogP contribution in [0, 0.1) is 0 Å². The van der Waals surface area contributed by atoms with Crippen molar-refractivity contribution in [3.05, 3.63) is 17.0 Å². The van der Waals surface area contributed by atoms with Gasteiger partial charge in [-0.15, -0.1) is 10.2 Å². The molecule has 78 valence electrons. The summed E-state index contributed by atoms with van der Waals surface area (Å²) in [5.74, 6) is -5.12. The van der Waals surface area contributed by atoms with Crippen molar-refractivity contribution in [1.82, 2.24) is 15.4 Å². The summed E-state index contributed by atoms with van der Waals surface area (Å²) in [6.07, 6.45) is 0. The smallest absolute Gasteiger partial charge is 0.357 e. The van der Waals surface area contributed by atoms with Gasteiger partial charge in [0.25, 0.3) is 0 Å². The molecule has 1 aromatic heterocycles. The Bertz CT molecular complexity index is 424. The lowest BCUT2D eigenvalue weighted by atomic mass is 10.1. The molecule has 1 rings (SSSR count). The molecule has 15 heavy (non-hydrogen) atoms. The van der Waals surface area contributed by atoms with Gasteiger partial charge in [-0.05, 0) is 5.21 Å². The lowest BCUT2D eigenvalue weighted by Crippen LogP contribution is -2.19. The average molecular weight is 213 g/mol. The first-order valence-corrected chi connectivity index (χ1v) is 3.38. The molecule has 0 spiro atoms. The summed E-state index contributed by atoms with van der Waals surface area (Å²) in [5, 5.41) is 34.4. The topological polar surface area (TPSA) is 151 Å². The molecule has 0 amide bonds. The fourth-order valence-electron chi connectivity index (χ4n) is 0.826. The normalized spacial score (nSPS) is 9.60. The van der Waals surface area contributed by atoms with Crippen LogP contribution in [0.3, 0.4) is 0 Å². The van der Waals surface area contributed by atoms with Crippen molar-refractivity contribution in [3.8, 4) is 0 Å². The Balaban J connectivity index is 3.56. The van der Waals surface area contributed by atoms with E-state index >= 15 is 0 Å². The molecule has 0 fully saturated rings. The molecule has 1 aromatic rings. The average Bonchev–Trinajstić information content (AvgIpc) is 2.16. The lowest BCUT2D eigenvalue weighted by molar-refractivity contribution is 0.0622. The van der Waals surface area contributed by atoms with Crippen LogP contribution in [0.4, 0.5) is 0 Å². The predicted molar refractivity (Wildman–Crippen MR) is 40.7 cm³/mol. The molecule has 0 bridgehead atoms. The Morgan fingerprint density at radius 2 is 1.20 bits per heavy atom. The second-order valence-electron chi connectivity index (χ2n) is 2.28. The van der Waals surface area contributed by atoms with Gasteiger partial charge in [-0.2, -0.15) is 0 Å². The maximum absolute atomic E-state index is 10.6. The third kappa shape index (κ3) is 1.85. The van der Waals surface area contributed by atoms with Crippen molar-refractivity contribution in [3.63, 3.8) is 0 Å². The van der Waals surface area contributed by atoms with Gasteiger partial charge in [-0.3, -0.25) is 0 Å². The number of hydrogen-bond donors (Lipinski definition) is 3. The van der Waals surface area contributed by atoms with Gasteiger partial charge >= 0.3 is 17.9 Å². The highest BCUT2D eigenvalue weighted by Gasteiger charge is 2.27. The summed E-state index contributed by atoms with van der Waals surface area (Å²) in [6.45, 7) is 0. The summed E-state index contributed by atoms with van der Waals surface area (Å²) in [4.78, 5) is 31.6. The summed E-state index contributed by atoms with van der Waals surface area (Å²) in [5.41, 5.74) is -2.92. The zero-order valence-corrected chi connectivity index (χ0v) is 6.91. The van der Waals surface area contributed by atoms with E-state index in [2.05, 4.69) is 15.4 Å². The lowest BCUT2D eigenvalue weighted by Gasteiger charge is -2.00. The fourth-order valence-corrected chi connectivity index (χ4v) is 0.826. The van der Waals surface area contributed by atoms with E-state index in [1.807, 2.05) is 0 Å². The van der Waals surface area contributed by atoms with Crippen LogP contribution < -0.4 is 0 Å². The molecule has 0 aliphatic rings.